The van der Waals surface area contributed by atoms with Crippen LogP contribution in [0, 0.1) is 0 Å². The molecule has 2 aromatic rings. The van der Waals surface area contributed by atoms with Crippen molar-refractivity contribution in [3.63, 3.8) is 0 Å². The van der Waals surface area contributed by atoms with Gasteiger partial charge in [0.15, 0.2) is 0 Å². The highest BCUT2D eigenvalue weighted by atomic mass is 14.9. The number of rotatable bonds is 2. The second-order valence-corrected chi connectivity index (χ2v) is 2.74. The summed E-state index contributed by atoms with van der Waals surface area (Å²) >= 11 is 0. The molecule has 1 aromatic heterocycles. The monoisotopic (exact) mass is 170 g/mol. The van der Waals surface area contributed by atoms with Gasteiger partial charge in [0, 0.05) is 11.8 Å². The van der Waals surface area contributed by atoms with E-state index in [9.17, 15) is 0 Å². The van der Waals surface area contributed by atoms with Crippen LogP contribution in [0.25, 0.3) is 17.3 Å². The summed E-state index contributed by atoms with van der Waals surface area (Å²) in [6, 6.07) is 10.0. The fourth-order valence-electron chi connectivity index (χ4n) is 1.20. The summed E-state index contributed by atoms with van der Waals surface area (Å²) in [6.45, 7) is 3.64. The van der Waals surface area contributed by atoms with Crippen LogP contribution in [0.4, 0.5) is 0 Å². The molecule has 0 spiro atoms. The van der Waals surface area contributed by atoms with Crippen LogP contribution in [-0.4, -0.2) is 9.97 Å². The number of aromatic amines is 1. The molecule has 1 N–H and O–H groups in total. The minimum atomic E-state index is 0.804. The molecule has 2 nitrogen and oxygen atoms in total. The van der Waals surface area contributed by atoms with E-state index in [0.29, 0.717) is 0 Å². The molecule has 0 atom stereocenters. The Morgan fingerprint density at radius 1 is 1.23 bits per heavy atom. The first-order valence-corrected chi connectivity index (χ1v) is 4.13. The number of imidazole rings is 1. The molecule has 1 aromatic carbocycles. The van der Waals surface area contributed by atoms with Crippen LogP contribution >= 0.6 is 0 Å². The molecular formula is C11H10N2. The van der Waals surface area contributed by atoms with Crippen molar-refractivity contribution < 1.29 is 0 Å². The molecule has 0 aliphatic carbocycles. The lowest BCUT2D eigenvalue weighted by Gasteiger charge is -1.92. The summed E-state index contributed by atoms with van der Waals surface area (Å²) in [4.78, 5) is 7.35. The predicted octanol–water partition coefficient (Wildman–Crippen LogP) is 2.72. The third-order valence-corrected chi connectivity index (χ3v) is 1.86. The molecule has 0 saturated heterocycles. The molecule has 13 heavy (non-hydrogen) atoms. The van der Waals surface area contributed by atoms with Gasteiger partial charge in [0.1, 0.15) is 5.82 Å². The highest BCUT2D eigenvalue weighted by Crippen LogP contribution is 2.15. The second kappa shape index (κ2) is 3.27. The van der Waals surface area contributed by atoms with Crippen molar-refractivity contribution in [2.75, 3.05) is 0 Å². The van der Waals surface area contributed by atoms with Crippen LogP contribution in [0.1, 0.15) is 5.82 Å². The van der Waals surface area contributed by atoms with Crippen molar-refractivity contribution in [1.29, 1.82) is 0 Å². The number of nitrogens with one attached hydrogen (secondary N) is 1. The Morgan fingerprint density at radius 3 is 2.62 bits per heavy atom. The van der Waals surface area contributed by atoms with Gasteiger partial charge >= 0.3 is 0 Å². The Kier molecular flexibility index (Phi) is 1.96. The Morgan fingerprint density at radius 2 is 2.00 bits per heavy atom. The smallest absolute Gasteiger partial charge is 0.130 e. The van der Waals surface area contributed by atoms with E-state index in [2.05, 4.69) is 16.5 Å². The molecule has 64 valence electrons. The summed E-state index contributed by atoms with van der Waals surface area (Å²) in [6.07, 6.45) is 3.58. The fourth-order valence-corrected chi connectivity index (χ4v) is 1.20. The Bertz CT molecular complexity index is 401. The van der Waals surface area contributed by atoms with Crippen molar-refractivity contribution in [3.8, 4) is 11.3 Å². The lowest BCUT2D eigenvalue weighted by molar-refractivity contribution is 1.27. The van der Waals surface area contributed by atoms with Gasteiger partial charge in [0.05, 0.1) is 5.69 Å². The zero-order valence-electron chi connectivity index (χ0n) is 7.20. The minimum Gasteiger partial charge on any atom is -0.345 e. The Balaban J connectivity index is 2.41. The highest BCUT2D eigenvalue weighted by Gasteiger charge is 1.99. The van der Waals surface area contributed by atoms with Crippen LogP contribution < -0.4 is 0 Å². The maximum Gasteiger partial charge on any atom is 0.130 e. The number of hydrogen-bond donors (Lipinski definition) is 1. The highest BCUT2D eigenvalue weighted by molar-refractivity contribution is 5.59. The topological polar surface area (TPSA) is 28.7 Å². The largest absolute Gasteiger partial charge is 0.345 e. The first-order chi connectivity index (χ1) is 6.40. The van der Waals surface area contributed by atoms with Gasteiger partial charge in [-0.3, -0.25) is 0 Å². The lowest BCUT2D eigenvalue weighted by atomic mass is 10.2. The summed E-state index contributed by atoms with van der Waals surface area (Å²) in [5.74, 6) is 0.804. The number of hydrogen-bond acceptors (Lipinski definition) is 1. The summed E-state index contributed by atoms with van der Waals surface area (Å²) in [7, 11) is 0. The third-order valence-electron chi connectivity index (χ3n) is 1.86. The number of benzene rings is 1. The maximum absolute atomic E-state index is 4.33. The molecule has 1 heterocycles. The summed E-state index contributed by atoms with van der Waals surface area (Å²) in [5, 5.41) is 0. The van der Waals surface area contributed by atoms with Crippen molar-refractivity contribution in [2.24, 2.45) is 0 Å². The molecule has 0 bridgehead atoms. The second-order valence-electron chi connectivity index (χ2n) is 2.74. The van der Waals surface area contributed by atoms with E-state index >= 15 is 0 Å². The van der Waals surface area contributed by atoms with Crippen molar-refractivity contribution in [3.05, 3.63) is 48.9 Å². The van der Waals surface area contributed by atoms with Gasteiger partial charge in [-0.15, -0.1) is 0 Å². The molecule has 0 aliphatic rings. The van der Waals surface area contributed by atoms with Gasteiger partial charge in [0.2, 0.25) is 0 Å². The van der Waals surface area contributed by atoms with E-state index < -0.39 is 0 Å². The van der Waals surface area contributed by atoms with Crippen molar-refractivity contribution in [1.82, 2.24) is 9.97 Å². The Labute approximate surface area is 77.0 Å². The average molecular weight is 170 g/mol. The van der Waals surface area contributed by atoms with Crippen LogP contribution in [0.15, 0.2) is 43.1 Å². The molecule has 0 saturated carbocycles. The normalized spacial score (nSPS) is 9.85. The molecule has 0 aliphatic heterocycles. The standard InChI is InChI=1S/C11H10N2/c1-2-11-12-8-10(13-11)9-6-4-3-5-7-9/h2-8H,1H2,(H,12,13). The molecular weight excluding hydrogens is 160 g/mol. The van der Waals surface area contributed by atoms with E-state index in [4.69, 9.17) is 0 Å². The predicted molar refractivity (Wildman–Crippen MR) is 54.1 cm³/mol. The van der Waals surface area contributed by atoms with Gasteiger partial charge < -0.3 is 4.98 Å². The first kappa shape index (κ1) is 7.80. The average Bonchev–Trinajstić information content (AvgIpc) is 2.67. The lowest BCUT2D eigenvalue weighted by Crippen LogP contribution is -1.76. The SMILES string of the molecule is C=Cc1nc(-c2ccccc2)c[nH]1. The quantitative estimate of drug-likeness (QED) is 0.737. The van der Waals surface area contributed by atoms with Gasteiger partial charge in [-0.25, -0.2) is 4.98 Å². The first-order valence-electron chi connectivity index (χ1n) is 4.13. The number of aromatic nitrogens is 2. The van der Waals surface area contributed by atoms with E-state index in [1.54, 1.807) is 6.08 Å². The van der Waals surface area contributed by atoms with Crippen molar-refractivity contribution in [2.45, 2.75) is 0 Å². The van der Waals surface area contributed by atoms with E-state index in [0.717, 1.165) is 17.1 Å². The number of H-pyrrole nitrogens is 1. The zero-order chi connectivity index (χ0) is 9.10. The van der Waals surface area contributed by atoms with Crippen LogP contribution in [0.5, 0.6) is 0 Å². The van der Waals surface area contributed by atoms with Gasteiger partial charge in [-0.1, -0.05) is 36.9 Å². The van der Waals surface area contributed by atoms with Crippen molar-refractivity contribution >= 4 is 6.08 Å². The molecule has 0 unspecified atom stereocenters. The Hall–Kier alpha value is -1.83. The number of nitrogens with zero attached hydrogens (tertiary/aromatic N) is 1. The third kappa shape index (κ3) is 1.51. The molecule has 0 radical (unpaired) electrons. The molecule has 2 rings (SSSR count). The maximum atomic E-state index is 4.33. The van der Waals surface area contributed by atoms with E-state index in [1.165, 1.54) is 0 Å². The van der Waals surface area contributed by atoms with Crippen LogP contribution in [0.2, 0.25) is 0 Å². The van der Waals surface area contributed by atoms with Crippen LogP contribution in [0.3, 0.4) is 0 Å². The summed E-state index contributed by atoms with van der Waals surface area (Å²) in [5.41, 5.74) is 2.07. The molecule has 0 amide bonds. The minimum absolute atomic E-state index is 0.804. The molecule has 2 heteroatoms. The van der Waals surface area contributed by atoms with E-state index in [1.807, 2.05) is 36.5 Å². The summed E-state index contributed by atoms with van der Waals surface area (Å²) < 4.78 is 0. The van der Waals surface area contributed by atoms with Crippen LogP contribution in [-0.2, 0) is 0 Å². The zero-order valence-corrected chi connectivity index (χ0v) is 7.20. The fraction of sp³-hybridized carbons (Fsp3) is 0. The van der Waals surface area contributed by atoms with Gasteiger partial charge in [-0.2, -0.15) is 0 Å². The molecule has 0 fully saturated rings. The van der Waals surface area contributed by atoms with Gasteiger partial charge in [-0.05, 0) is 6.08 Å². The van der Waals surface area contributed by atoms with Gasteiger partial charge in [0.25, 0.3) is 0 Å². The van der Waals surface area contributed by atoms with E-state index in [-0.39, 0.29) is 0 Å².